The smallest absolute Gasteiger partial charge is 0.224 e. The summed E-state index contributed by atoms with van der Waals surface area (Å²) in [7, 11) is 0. The number of amides is 1. The van der Waals surface area contributed by atoms with Gasteiger partial charge in [0.1, 0.15) is 0 Å². The fourth-order valence-electron chi connectivity index (χ4n) is 1.62. The molecule has 15 heavy (non-hydrogen) atoms. The van der Waals surface area contributed by atoms with E-state index in [1.54, 1.807) is 0 Å². The van der Waals surface area contributed by atoms with E-state index in [2.05, 4.69) is 5.32 Å². The summed E-state index contributed by atoms with van der Waals surface area (Å²) < 4.78 is 5.50. The fourth-order valence-corrected chi connectivity index (χ4v) is 1.62. The van der Waals surface area contributed by atoms with Gasteiger partial charge >= 0.3 is 0 Å². The lowest BCUT2D eigenvalue weighted by Gasteiger charge is -2.21. The van der Waals surface area contributed by atoms with Crippen molar-refractivity contribution in [2.45, 2.75) is 39.2 Å². The first kappa shape index (κ1) is 12.5. The van der Waals surface area contributed by atoms with Crippen LogP contribution < -0.4 is 11.1 Å². The molecule has 1 fully saturated rings. The molecule has 1 unspecified atom stereocenters. The molecule has 0 aliphatic carbocycles. The molecule has 3 N–H and O–H groups in total. The fraction of sp³-hybridized carbons (Fsp3) is 0.909. The van der Waals surface area contributed by atoms with Gasteiger partial charge in [0.05, 0.1) is 11.5 Å². The summed E-state index contributed by atoms with van der Waals surface area (Å²) in [6.45, 7) is 6.14. The Morgan fingerprint density at radius 2 is 2.33 bits per heavy atom. The SMILES string of the molecule is CC(C)(CNCCC1CCCO1)C(N)=O. The Hall–Kier alpha value is -0.610. The second kappa shape index (κ2) is 5.47. The highest BCUT2D eigenvalue weighted by Gasteiger charge is 2.24. The van der Waals surface area contributed by atoms with Gasteiger partial charge in [0.2, 0.25) is 5.91 Å². The van der Waals surface area contributed by atoms with Crippen molar-refractivity contribution in [2.24, 2.45) is 11.1 Å². The normalized spacial score (nSPS) is 21.9. The molecule has 1 amide bonds. The number of nitrogens with two attached hydrogens (primary N) is 1. The Balaban J connectivity index is 2.08. The van der Waals surface area contributed by atoms with E-state index in [-0.39, 0.29) is 5.91 Å². The maximum absolute atomic E-state index is 11.0. The second-order valence-corrected chi connectivity index (χ2v) is 4.85. The predicted molar refractivity (Wildman–Crippen MR) is 59.4 cm³/mol. The van der Waals surface area contributed by atoms with Crippen LogP contribution in [0.5, 0.6) is 0 Å². The lowest BCUT2D eigenvalue weighted by Crippen LogP contribution is -2.41. The van der Waals surface area contributed by atoms with Crippen LogP contribution in [0.4, 0.5) is 0 Å². The third-order valence-corrected chi connectivity index (χ3v) is 2.90. The third kappa shape index (κ3) is 4.18. The van der Waals surface area contributed by atoms with Crippen molar-refractivity contribution in [1.82, 2.24) is 5.32 Å². The van der Waals surface area contributed by atoms with Gasteiger partial charge in [-0.05, 0) is 39.7 Å². The topological polar surface area (TPSA) is 64.3 Å². The van der Waals surface area contributed by atoms with Crippen LogP contribution in [0.2, 0.25) is 0 Å². The zero-order valence-corrected chi connectivity index (χ0v) is 9.71. The first-order chi connectivity index (χ1) is 7.02. The van der Waals surface area contributed by atoms with Gasteiger partial charge < -0.3 is 15.8 Å². The van der Waals surface area contributed by atoms with Crippen molar-refractivity contribution in [3.8, 4) is 0 Å². The Morgan fingerprint density at radius 3 is 2.87 bits per heavy atom. The van der Waals surface area contributed by atoms with Crippen molar-refractivity contribution in [1.29, 1.82) is 0 Å². The molecule has 0 bridgehead atoms. The van der Waals surface area contributed by atoms with E-state index in [9.17, 15) is 4.79 Å². The maximum atomic E-state index is 11.0. The van der Waals surface area contributed by atoms with Gasteiger partial charge in [-0.2, -0.15) is 0 Å². The van der Waals surface area contributed by atoms with Crippen LogP contribution in [0.25, 0.3) is 0 Å². The van der Waals surface area contributed by atoms with E-state index in [1.165, 1.54) is 12.8 Å². The van der Waals surface area contributed by atoms with Crippen molar-refractivity contribution in [2.75, 3.05) is 19.7 Å². The Morgan fingerprint density at radius 1 is 1.60 bits per heavy atom. The van der Waals surface area contributed by atoms with Gasteiger partial charge in [-0.3, -0.25) is 4.79 Å². The van der Waals surface area contributed by atoms with Crippen molar-refractivity contribution < 1.29 is 9.53 Å². The molecule has 1 heterocycles. The summed E-state index contributed by atoms with van der Waals surface area (Å²) in [5.41, 5.74) is 4.81. The highest BCUT2D eigenvalue weighted by Crippen LogP contribution is 2.15. The van der Waals surface area contributed by atoms with Gasteiger partial charge in [0.25, 0.3) is 0 Å². The van der Waals surface area contributed by atoms with Crippen LogP contribution in [0.3, 0.4) is 0 Å². The van der Waals surface area contributed by atoms with E-state index in [0.29, 0.717) is 12.6 Å². The molecule has 4 heteroatoms. The largest absolute Gasteiger partial charge is 0.378 e. The third-order valence-electron chi connectivity index (χ3n) is 2.90. The summed E-state index contributed by atoms with van der Waals surface area (Å²) in [6, 6.07) is 0. The maximum Gasteiger partial charge on any atom is 0.224 e. The van der Waals surface area contributed by atoms with Gasteiger partial charge in [-0.15, -0.1) is 0 Å². The number of rotatable bonds is 6. The van der Waals surface area contributed by atoms with Crippen LogP contribution in [-0.4, -0.2) is 31.7 Å². The van der Waals surface area contributed by atoms with E-state index in [0.717, 1.165) is 19.6 Å². The van der Waals surface area contributed by atoms with Crippen LogP contribution in [-0.2, 0) is 9.53 Å². The summed E-state index contributed by atoms with van der Waals surface area (Å²) in [5, 5.41) is 3.25. The summed E-state index contributed by atoms with van der Waals surface area (Å²) in [5.74, 6) is -0.257. The highest BCUT2D eigenvalue weighted by atomic mass is 16.5. The molecule has 1 aliphatic heterocycles. The van der Waals surface area contributed by atoms with Gasteiger partial charge in [-0.25, -0.2) is 0 Å². The molecule has 0 saturated carbocycles. The van der Waals surface area contributed by atoms with Gasteiger partial charge in [0.15, 0.2) is 0 Å². The molecule has 1 atom stereocenters. The Bertz CT molecular complexity index is 211. The number of carbonyl (C=O) groups is 1. The number of nitrogens with one attached hydrogen (secondary N) is 1. The van der Waals surface area contributed by atoms with E-state index in [4.69, 9.17) is 10.5 Å². The number of hydrogen-bond donors (Lipinski definition) is 2. The molecule has 0 radical (unpaired) electrons. The number of carbonyl (C=O) groups excluding carboxylic acids is 1. The molecule has 1 rings (SSSR count). The molecular formula is C11H22N2O2. The van der Waals surface area contributed by atoms with Crippen molar-refractivity contribution in [3.63, 3.8) is 0 Å². The molecular weight excluding hydrogens is 192 g/mol. The van der Waals surface area contributed by atoms with Crippen LogP contribution in [0.1, 0.15) is 33.1 Å². The minimum atomic E-state index is -0.462. The molecule has 4 nitrogen and oxygen atoms in total. The lowest BCUT2D eigenvalue weighted by molar-refractivity contribution is -0.125. The zero-order chi connectivity index (χ0) is 11.3. The van der Waals surface area contributed by atoms with E-state index < -0.39 is 5.41 Å². The molecule has 0 spiro atoms. The number of hydrogen-bond acceptors (Lipinski definition) is 3. The lowest BCUT2D eigenvalue weighted by atomic mass is 9.93. The quantitative estimate of drug-likeness (QED) is 0.638. The molecule has 0 aromatic carbocycles. The van der Waals surface area contributed by atoms with Crippen LogP contribution >= 0.6 is 0 Å². The standard InChI is InChI=1S/C11H22N2O2/c1-11(2,10(12)14)8-13-6-5-9-4-3-7-15-9/h9,13H,3-8H2,1-2H3,(H2,12,14). The van der Waals surface area contributed by atoms with E-state index in [1.807, 2.05) is 13.8 Å². The molecule has 0 aromatic rings. The predicted octanol–water partition coefficient (Wildman–Crippen LogP) is 0.657. The molecule has 88 valence electrons. The Labute approximate surface area is 91.5 Å². The minimum Gasteiger partial charge on any atom is -0.378 e. The molecule has 1 aliphatic rings. The number of ether oxygens (including phenoxy) is 1. The van der Waals surface area contributed by atoms with Gasteiger partial charge in [0, 0.05) is 13.2 Å². The second-order valence-electron chi connectivity index (χ2n) is 4.85. The summed E-state index contributed by atoms with van der Waals surface area (Å²) in [6.07, 6.45) is 3.78. The Kier molecular flexibility index (Phi) is 4.54. The van der Waals surface area contributed by atoms with Gasteiger partial charge in [-0.1, -0.05) is 0 Å². The molecule has 1 saturated heterocycles. The van der Waals surface area contributed by atoms with E-state index >= 15 is 0 Å². The first-order valence-electron chi connectivity index (χ1n) is 5.64. The van der Waals surface area contributed by atoms with Crippen LogP contribution in [0.15, 0.2) is 0 Å². The number of primary amides is 1. The average molecular weight is 214 g/mol. The van der Waals surface area contributed by atoms with Crippen molar-refractivity contribution >= 4 is 5.91 Å². The monoisotopic (exact) mass is 214 g/mol. The minimum absolute atomic E-state index is 0.257. The highest BCUT2D eigenvalue weighted by molar-refractivity contribution is 5.80. The average Bonchev–Trinajstić information content (AvgIpc) is 2.64. The first-order valence-corrected chi connectivity index (χ1v) is 5.64. The summed E-state index contributed by atoms with van der Waals surface area (Å²) in [4.78, 5) is 11.0. The summed E-state index contributed by atoms with van der Waals surface area (Å²) >= 11 is 0. The van der Waals surface area contributed by atoms with Crippen LogP contribution in [0, 0.1) is 5.41 Å². The zero-order valence-electron chi connectivity index (χ0n) is 9.71. The van der Waals surface area contributed by atoms with Crippen molar-refractivity contribution in [3.05, 3.63) is 0 Å². The molecule has 0 aromatic heterocycles.